The average Bonchev–Trinajstić information content (AvgIpc) is 3.15. The minimum absolute atomic E-state index is 0.0769. The number of rotatable bonds is 4. The van der Waals surface area contributed by atoms with Crippen molar-refractivity contribution in [2.75, 3.05) is 7.05 Å². The number of carbonyl (C=O) groups excluding carboxylic acids is 1. The number of amides is 1. The molecule has 0 N–H and O–H groups in total. The molecule has 0 aliphatic heterocycles. The van der Waals surface area contributed by atoms with E-state index >= 15 is 0 Å². The van der Waals surface area contributed by atoms with Gasteiger partial charge in [0.25, 0.3) is 5.91 Å². The van der Waals surface area contributed by atoms with Gasteiger partial charge in [0.15, 0.2) is 0 Å². The zero-order chi connectivity index (χ0) is 16.2. The fourth-order valence-electron chi connectivity index (χ4n) is 2.29. The van der Waals surface area contributed by atoms with Gasteiger partial charge in [0, 0.05) is 37.4 Å². The van der Waals surface area contributed by atoms with Crippen LogP contribution in [0.2, 0.25) is 0 Å². The van der Waals surface area contributed by atoms with Crippen LogP contribution in [-0.2, 0) is 0 Å². The smallest absolute Gasteiger partial charge is 0.254 e. The standard InChI is InChI=1S/C17H17N5O/c1-13(15-5-3-4-7-19-15)21(2)17(23)14-6-8-20-16(11-14)22-10-9-18-12-22/h3-13H,1-2H3. The van der Waals surface area contributed by atoms with E-state index in [2.05, 4.69) is 15.0 Å². The third-order valence-corrected chi connectivity index (χ3v) is 3.78. The highest BCUT2D eigenvalue weighted by Crippen LogP contribution is 2.19. The van der Waals surface area contributed by atoms with Gasteiger partial charge >= 0.3 is 0 Å². The first kappa shape index (κ1) is 14.9. The van der Waals surface area contributed by atoms with E-state index in [0.717, 1.165) is 5.69 Å². The fourth-order valence-corrected chi connectivity index (χ4v) is 2.29. The molecule has 0 bridgehead atoms. The number of aromatic nitrogens is 4. The lowest BCUT2D eigenvalue weighted by Crippen LogP contribution is -2.30. The minimum Gasteiger partial charge on any atom is -0.333 e. The molecule has 23 heavy (non-hydrogen) atoms. The van der Waals surface area contributed by atoms with Crippen molar-refractivity contribution >= 4 is 5.91 Å². The molecule has 0 fully saturated rings. The van der Waals surface area contributed by atoms with E-state index in [1.807, 2.05) is 25.1 Å². The molecule has 6 heteroatoms. The number of hydrogen-bond acceptors (Lipinski definition) is 4. The van der Waals surface area contributed by atoms with Gasteiger partial charge in [0.1, 0.15) is 12.1 Å². The Balaban J connectivity index is 1.84. The Morgan fingerprint density at radius 2 is 2.04 bits per heavy atom. The van der Waals surface area contributed by atoms with Gasteiger partial charge in [0.2, 0.25) is 0 Å². The second-order valence-electron chi connectivity index (χ2n) is 5.22. The first-order valence-electron chi connectivity index (χ1n) is 7.29. The monoisotopic (exact) mass is 307 g/mol. The SMILES string of the molecule is CC(c1ccccn1)N(C)C(=O)c1ccnc(-n2ccnc2)c1. The summed E-state index contributed by atoms with van der Waals surface area (Å²) >= 11 is 0. The molecule has 0 aliphatic rings. The zero-order valence-corrected chi connectivity index (χ0v) is 13.0. The Bertz CT molecular complexity index is 786. The molecular formula is C17H17N5O. The van der Waals surface area contributed by atoms with Crippen LogP contribution in [0.4, 0.5) is 0 Å². The molecule has 0 aromatic carbocycles. The third-order valence-electron chi connectivity index (χ3n) is 3.78. The average molecular weight is 307 g/mol. The summed E-state index contributed by atoms with van der Waals surface area (Å²) in [5.74, 6) is 0.583. The second kappa shape index (κ2) is 6.39. The number of imidazole rings is 1. The molecule has 3 aromatic rings. The first-order chi connectivity index (χ1) is 11.2. The van der Waals surface area contributed by atoms with Gasteiger partial charge in [0.05, 0.1) is 11.7 Å². The van der Waals surface area contributed by atoms with Crippen LogP contribution in [-0.4, -0.2) is 37.4 Å². The number of hydrogen-bond donors (Lipinski definition) is 0. The molecule has 3 heterocycles. The molecule has 3 aromatic heterocycles. The Morgan fingerprint density at radius 3 is 2.74 bits per heavy atom. The van der Waals surface area contributed by atoms with Crippen LogP contribution in [0.3, 0.4) is 0 Å². The van der Waals surface area contributed by atoms with Gasteiger partial charge in [-0.05, 0) is 31.2 Å². The maximum atomic E-state index is 12.7. The molecule has 1 amide bonds. The molecular weight excluding hydrogens is 290 g/mol. The third kappa shape index (κ3) is 3.11. The number of nitrogens with zero attached hydrogens (tertiary/aromatic N) is 5. The Morgan fingerprint density at radius 1 is 1.17 bits per heavy atom. The van der Waals surface area contributed by atoms with Gasteiger partial charge in [-0.3, -0.25) is 14.3 Å². The highest BCUT2D eigenvalue weighted by atomic mass is 16.2. The van der Waals surface area contributed by atoms with E-state index in [1.54, 1.807) is 59.8 Å². The maximum absolute atomic E-state index is 12.7. The summed E-state index contributed by atoms with van der Waals surface area (Å²) in [6, 6.07) is 9.04. The summed E-state index contributed by atoms with van der Waals surface area (Å²) in [5, 5.41) is 0. The topological polar surface area (TPSA) is 63.9 Å². The molecule has 3 rings (SSSR count). The molecule has 0 saturated carbocycles. The summed E-state index contributed by atoms with van der Waals surface area (Å²) in [6.45, 7) is 1.96. The molecule has 6 nitrogen and oxygen atoms in total. The molecule has 0 spiro atoms. The summed E-state index contributed by atoms with van der Waals surface area (Å²) in [6.07, 6.45) is 8.47. The highest BCUT2D eigenvalue weighted by molar-refractivity contribution is 5.94. The van der Waals surface area contributed by atoms with E-state index in [0.29, 0.717) is 11.4 Å². The lowest BCUT2D eigenvalue weighted by molar-refractivity contribution is 0.0739. The summed E-state index contributed by atoms with van der Waals surface area (Å²) in [5.41, 5.74) is 1.43. The Kier molecular flexibility index (Phi) is 4.14. The van der Waals surface area contributed by atoms with Crippen molar-refractivity contribution in [2.24, 2.45) is 0 Å². The van der Waals surface area contributed by atoms with Gasteiger partial charge < -0.3 is 4.90 Å². The molecule has 116 valence electrons. The predicted octanol–water partition coefficient (Wildman–Crippen LogP) is 2.50. The van der Waals surface area contributed by atoms with Crippen LogP contribution in [0.1, 0.15) is 29.0 Å². The molecule has 0 aliphatic carbocycles. The van der Waals surface area contributed by atoms with Crippen LogP contribution >= 0.6 is 0 Å². The maximum Gasteiger partial charge on any atom is 0.254 e. The molecule has 1 unspecified atom stereocenters. The first-order valence-corrected chi connectivity index (χ1v) is 7.29. The van der Waals surface area contributed by atoms with Crippen molar-refractivity contribution in [2.45, 2.75) is 13.0 Å². The lowest BCUT2D eigenvalue weighted by atomic mass is 10.1. The largest absolute Gasteiger partial charge is 0.333 e. The summed E-state index contributed by atoms with van der Waals surface area (Å²) < 4.78 is 1.76. The number of pyridine rings is 2. The van der Waals surface area contributed by atoms with Gasteiger partial charge in [-0.2, -0.15) is 0 Å². The number of carbonyl (C=O) groups is 1. The second-order valence-corrected chi connectivity index (χ2v) is 5.22. The van der Waals surface area contributed by atoms with E-state index in [-0.39, 0.29) is 11.9 Å². The van der Waals surface area contributed by atoms with Gasteiger partial charge in [-0.15, -0.1) is 0 Å². The van der Waals surface area contributed by atoms with Gasteiger partial charge in [-0.25, -0.2) is 9.97 Å². The summed E-state index contributed by atoms with van der Waals surface area (Å²) in [7, 11) is 1.78. The highest BCUT2D eigenvalue weighted by Gasteiger charge is 2.20. The lowest BCUT2D eigenvalue weighted by Gasteiger charge is -2.24. The Hall–Kier alpha value is -3.02. The van der Waals surface area contributed by atoms with Crippen molar-refractivity contribution in [3.63, 3.8) is 0 Å². The van der Waals surface area contributed by atoms with Crippen molar-refractivity contribution in [3.05, 3.63) is 72.7 Å². The minimum atomic E-state index is -0.117. The van der Waals surface area contributed by atoms with E-state index in [4.69, 9.17) is 0 Å². The van der Waals surface area contributed by atoms with E-state index < -0.39 is 0 Å². The fraction of sp³-hybridized carbons (Fsp3) is 0.176. The van der Waals surface area contributed by atoms with Crippen molar-refractivity contribution in [3.8, 4) is 5.82 Å². The normalized spacial score (nSPS) is 11.9. The van der Waals surface area contributed by atoms with E-state index in [9.17, 15) is 4.79 Å². The van der Waals surface area contributed by atoms with E-state index in [1.165, 1.54) is 0 Å². The van der Waals surface area contributed by atoms with Crippen LogP contribution in [0.15, 0.2) is 61.4 Å². The molecule has 0 radical (unpaired) electrons. The Labute approximate surface area is 134 Å². The van der Waals surface area contributed by atoms with Crippen LogP contribution in [0, 0.1) is 0 Å². The van der Waals surface area contributed by atoms with Crippen molar-refractivity contribution in [1.29, 1.82) is 0 Å². The van der Waals surface area contributed by atoms with Crippen molar-refractivity contribution in [1.82, 2.24) is 24.4 Å². The summed E-state index contributed by atoms with van der Waals surface area (Å²) in [4.78, 5) is 27.0. The van der Waals surface area contributed by atoms with Gasteiger partial charge in [-0.1, -0.05) is 6.07 Å². The molecule has 1 atom stereocenters. The van der Waals surface area contributed by atoms with Crippen LogP contribution < -0.4 is 0 Å². The van der Waals surface area contributed by atoms with Crippen molar-refractivity contribution < 1.29 is 4.79 Å². The molecule has 0 saturated heterocycles. The van der Waals surface area contributed by atoms with Crippen LogP contribution in [0.5, 0.6) is 0 Å². The zero-order valence-electron chi connectivity index (χ0n) is 13.0. The quantitative estimate of drug-likeness (QED) is 0.743. The predicted molar refractivity (Wildman–Crippen MR) is 86.1 cm³/mol. The van der Waals surface area contributed by atoms with Crippen LogP contribution in [0.25, 0.3) is 5.82 Å².